The molecule has 0 unspecified atom stereocenters. The Bertz CT molecular complexity index is 751. The van der Waals surface area contributed by atoms with Gasteiger partial charge in [-0.05, 0) is 32.0 Å². The number of benzene rings is 1. The SMILES string of the molecule is Cc1noc(C)c1COc1cccc(C(=O)OCC(=O)C(C)(C)C)c1. The largest absolute Gasteiger partial charge is 0.489 e. The van der Waals surface area contributed by atoms with Crippen molar-refractivity contribution in [1.82, 2.24) is 5.16 Å². The molecule has 2 aromatic rings. The van der Waals surface area contributed by atoms with Crippen LogP contribution >= 0.6 is 0 Å². The van der Waals surface area contributed by atoms with Crippen molar-refractivity contribution in [3.8, 4) is 5.75 Å². The van der Waals surface area contributed by atoms with Crippen molar-refractivity contribution in [3.05, 3.63) is 46.8 Å². The Morgan fingerprint density at radius 3 is 2.52 bits per heavy atom. The normalized spacial score (nSPS) is 11.2. The number of carbonyl (C=O) groups excluding carboxylic acids is 2. The van der Waals surface area contributed by atoms with Crippen LogP contribution in [-0.4, -0.2) is 23.5 Å². The molecule has 1 heterocycles. The molecule has 0 radical (unpaired) electrons. The number of Topliss-reactive ketones (excluding diaryl/α,β-unsaturated/α-hetero) is 1. The third-order valence-electron chi connectivity index (χ3n) is 3.81. The van der Waals surface area contributed by atoms with Crippen molar-refractivity contribution in [3.63, 3.8) is 0 Å². The molecular weight excluding hydrogens is 322 g/mol. The van der Waals surface area contributed by atoms with E-state index in [1.54, 1.807) is 45.0 Å². The second kappa shape index (κ2) is 7.51. The highest BCUT2D eigenvalue weighted by Gasteiger charge is 2.22. The van der Waals surface area contributed by atoms with Crippen molar-refractivity contribution < 1.29 is 23.6 Å². The van der Waals surface area contributed by atoms with E-state index in [-0.39, 0.29) is 12.4 Å². The molecule has 0 atom stereocenters. The van der Waals surface area contributed by atoms with Gasteiger partial charge in [-0.2, -0.15) is 0 Å². The third kappa shape index (κ3) is 4.92. The maximum Gasteiger partial charge on any atom is 0.338 e. The first kappa shape index (κ1) is 18.7. The molecule has 0 spiro atoms. The number of ether oxygens (including phenoxy) is 2. The Kier molecular flexibility index (Phi) is 5.62. The predicted molar refractivity (Wildman–Crippen MR) is 91.5 cm³/mol. The van der Waals surface area contributed by atoms with Crippen LogP contribution in [0.5, 0.6) is 5.75 Å². The first-order valence-corrected chi connectivity index (χ1v) is 8.03. The zero-order chi connectivity index (χ0) is 18.6. The van der Waals surface area contributed by atoms with Gasteiger partial charge in [-0.25, -0.2) is 4.79 Å². The van der Waals surface area contributed by atoms with Crippen LogP contribution in [0, 0.1) is 19.3 Å². The molecule has 0 bridgehead atoms. The molecule has 0 N–H and O–H groups in total. The van der Waals surface area contributed by atoms with Crippen molar-refractivity contribution in [1.29, 1.82) is 0 Å². The summed E-state index contributed by atoms with van der Waals surface area (Å²) in [6.45, 7) is 9.06. The van der Waals surface area contributed by atoms with Gasteiger partial charge in [0, 0.05) is 5.41 Å². The maximum atomic E-state index is 12.1. The Morgan fingerprint density at radius 2 is 1.92 bits per heavy atom. The van der Waals surface area contributed by atoms with Gasteiger partial charge in [-0.1, -0.05) is 32.0 Å². The average Bonchev–Trinajstić information content (AvgIpc) is 2.88. The van der Waals surface area contributed by atoms with Gasteiger partial charge in [0.25, 0.3) is 0 Å². The number of nitrogens with zero attached hydrogens (tertiary/aromatic N) is 1. The molecule has 0 aliphatic heterocycles. The summed E-state index contributed by atoms with van der Waals surface area (Å²) >= 11 is 0. The number of esters is 1. The lowest BCUT2D eigenvalue weighted by atomic mass is 9.91. The van der Waals surface area contributed by atoms with Gasteiger partial charge in [0.2, 0.25) is 0 Å². The number of aryl methyl sites for hydroxylation is 2. The van der Waals surface area contributed by atoms with E-state index < -0.39 is 11.4 Å². The van der Waals surface area contributed by atoms with E-state index in [4.69, 9.17) is 14.0 Å². The summed E-state index contributed by atoms with van der Waals surface area (Å²) < 4.78 is 15.9. The first-order valence-electron chi connectivity index (χ1n) is 8.03. The molecule has 6 nitrogen and oxygen atoms in total. The number of hydrogen-bond donors (Lipinski definition) is 0. The summed E-state index contributed by atoms with van der Waals surface area (Å²) in [6.07, 6.45) is 0. The Morgan fingerprint density at radius 1 is 1.20 bits per heavy atom. The minimum absolute atomic E-state index is 0.133. The monoisotopic (exact) mass is 345 g/mol. The van der Waals surface area contributed by atoms with Crippen LogP contribution in [-0.2, 0) is 16.1 Å². The zero-order valence-electron chi connectivity index (χ0n) is 15.2. The summed E-state index contributed by atoms with van der Waals surface area (Å²) in [7, 11) is 0. The minimum atomic E-state index is -0.555. The molecule has 1 aromatic heterocycles. The Hall–Kier alpha value is -2.63. The van der Waals surface area contributed by atoms with E-state index in [2.05, 4.69) is 5.16 Å². The number of ketones is 1. The molecule has 0 aliphatic carbocycles. The summed E-state index contributed by atoms with van der Waals surface area (Å²) in [6, 6.07) is 6.65. The lowest BCUT2D eigenvalue weighted by Gasteiger charge is -2.16. The Balaban J connectivity index is 1.98. The van der Waals surface area contributed by atoms with Crippen LogP contribution in [0.2, 0.25) is 0 Å². The number of rotatable bonds is 6. The molecule has 2 rings (SSSR count). The van der Waals surface area contributed by atoms with Crippen LogP contribution in [0.1, 0.15) is 48.1 Å². The van der Waals surface area contributed by atoms with Gasteiger partial charge in [0.05, 0.1) is 16.8 Å². The summed E-state index contributed by atoms with van der Waals surface area (Å²) in [4.78, 5) is 24.0. The van der Waals surface area contributed by atoms with Crippen molar-refractivity contribution in [2.75, 3.05) is 6.61 Å². The van der Waals surface area contributed by atoms with E-state index >= 15 is 0 Å². The maximum absolute atomic E-state index is 12.1. The molecule has 0 fully saturated rings. The van der Waals surface area contributed by atoms with Crippen LogP contribution < -0.4 is 4.74 Å². The molecule has 6 heteroatoms. The lowest BCUT2D eigenvalue weighted by molar-refractivity contribution is -0.129. The quantitative estimate of drug-likeness (QED) is 0.744. The summed E-state index contributed by atoms with van der Waals surface area (Å²) in [5.41, 5.74) is 1.44. The fourth-order valence-corrected chi connectivity index (χ4v) is 2.01. The lowest BCUT2D eigenvalue weighted by Crippen LogP contribution is -2.26. The molecular formula is C19H23NO5. The van der Waals surface area contributed by atoms with E-state index in [1.807, 2.05) is 13.8 Å². The van der Waals surface area contributed by atoms with Gasteiger partial charge in [-0.3, -0.25) is 4.79 Å². The van der Waals surface area contributed by atoms with Gasteiger partial charge < -0.3 is 14.0 Å². The van der Waals surface area contributed by atoms with Gasteiger partial charge in [0.15, 0.2) is 12.4 Å². The topological polar surface area (TPSA) is 78.6 Å². The van der Waals surface area contributed by atoms with Gasteiger partial charge in [-0.15, -0.1) is 0 Å². The van der Waals surface area contributed by atoms with Crippen LogP contribution in [0.3, 0.4) is 0 Å². The molecule has 0 amide bonds. The third-order valence-corrected chi connectivity index (χ3v) is 3.81. The van der Waals surface area contributed by atoms with Crippen molar-refractivity contribution in [2.24, 2.45) is 5.41 Å². The van der Waals surface area contributed by atoms with E-state index in [0.717, 1.165) is 11.3 Å². The van der Waals surface area contributed by atoms with E-state index in [0.29, 0.717) is 23.7 Å². The molecule has 134 valence electrons. The minimum Gasteiger partial charge on any atom is -0.489 e. The standard InChI is InChI=1S/C19H23NO5/c1-12-16(13(2)25-20-12)10-23-15-8-6-7-14(9-15)18(22)24-11-17(21)19(3,4)5/h6-9H,10-11H2,1-5H3. The first-order chi connectivity index (χ1) is 11.7. The average molecular weight is 345 g/mol. The number of carbonyl (C=O) groups is 2. The highest BCUT2D eigenvalue weighted by molar-refractivity contribution is 5.93. The van der Waals surface area contributed by atoms with Crippen molar-refractivity contribution in [2.45, 2.75) is 41.2 Å². The van der Waals surface area contributed by atoms with Crippen LogP contribution in [0.25, 0.3) is 0 Å². The smallest absolute Gasteiger partial charge is 0.338 e. The number of hydrogen-bond acceptors (Lipinski definition) is 6. The predicted octanol–water partition coefficient (Wildman–Crippen LogP) is 3.64. The summed E-state index contributed by atoms with van der Waals surface area (Å²) in [5, 5.41) is 3.87. The fourth-order valence-electron chi connectivity index (χ4n) is 2.01. The molecule has 25 heavy (non-hydrogen) atoms. The van der Waals surface area contributed by atoms with E-state index in [1.165, 1.54) is 0 Å². The van der Waals surface area contributed by atoms with Gasteiger partial charge >= 0.3 is 5.97 Å². The zero-order valence-corrected chi connectivity index (χ0v) is 15.2. The van der Waals surface area contributed by atoms with Gasteiger partial charge in [0.1, 0.15) is 18.1 Å². The number of aromatic nitrogens is 1. The fraction of sp³-hybridized carbons (Fsp3) is 0.421. The molecule has 0 saturated heterocycles. The van der Waals surface area contributed by atoms with Crippen molar-refractivity contribution >= 4 is 11.8 Å². The summed E-state index contributed by atoms with van der Waals surface area (Å²) in [5.74, 6) is 0.539. The second-order valence-electron chi connectivity index (χ2n) is 6.87. The van der Waals surface area contributed by atoms with E-state index in [9.17, 15) is 9.59 Å². The Labute approximate surface area is 147 Å². The van der Waals surface area contributed by atoms with Crippen LogP contribution in [0.4, 0.5) is 0 Å². The highest BCUT2D eigenvalue weighted by atomic mass is 16.5. The highest BCUT2D eigenvalue weighted by Crippen LogP contribution is 2.19. The molecule has 1 aromatic carbocycles. The molecule has 0 aliphatic rings. The molecule has 0 saturated carbocycles. The second-order valence-corrected chi connectivity index (χ2v) is 6.87. The van der Waals surface area contributed by atoms with Crippen LogP contribution in [0.15, 0.2) is 28.8 Å².